The van der Waals surface area contributed by atoms with Gasteiger partial charge in [0.2, 0.25) is 5.91 Å². The number of methoxy groups -OCH3 is 2. The highest BCUT2D eigenvalue weighted by molar-refractivity contribution is 5.98. The van der Waals surface area contributed by atoms with Crippen LogP contribution in [0.25, 0.3) is 0 Å². The lowest BCUT2D eigenvalue weighted by Crippen LogP contribution is -2.49. The smallest absolute Gasteiger partial charge is 0.252 e. The second-order valence-corrected chi connectivity index (χ2v) is 6.50. The van der Waals surface area contributed by atoms with Crippen LogP contribution in [0.3, 0.4) is 0 Å². The van der Waals surface area contributed by atoms with Gasteiger partial charge < -0.3 is 20.1 Å². The summed E-state index contributed by atoms with van der Waals surface area (Å²) >= 11 is 0. The van der Waals surface area contributed by atoms with Gasteiger partial charge in [-0.2, -0.15) is 0 Å². The van der Waals surface area contributed by atoms with Gasteiger partial charge in [-0.15, -0.1) is 0 Å². The minimum atomic E-state index is -0.654. The number of carbonyl (C=O) groups is 2. The Hall–Kier alpha value is -3.02. The number of nitrogens with one attached hydrogen (secondary N) is 2. The lowest BCUT2D eigenvalue weighted by Gasteiger charge is -2.22. The van der Waals surface area contributed by atoms with Crippen molar-refractivity contribution in [3.8, 4) is 11.5 Å². The molecule has 0 unspecified atom stereocenters. The minimum Gasteiger partial charge on any atom is -0.497 e. The van der Waals surface area contributed by atoms with E-state index in [2.05, 4.69) is 10.6 Å². The Morgan fingerprint density at radius 2 is 1.56 bits per heavy atom. The molecule has 0 saturated carbocycles. The van der Waals surface area contributed by atoms with E-state index in [1.807, 2.05) is 44.2 Å². The number of ether oxygens (including phenoxy) is 2. The zero-order valence-electron chi connectivity index (χ0n) is 16.1. The average Bonchev–Trinajstić information content (AvgIpc) is 2.70. The van der Waals surface area contributed by atoms with Gasteiger partial charge in [-0.05, 0) is 23.6 Å². The highest BCUT2D eigenvalue weighted by atomic mass is 16.5. The van der Waals surface area contributed by atoms with Crippen molar-refractivity contribution in [1.29, 1.82) is 0 Å². The molecular weight excluding hydrogens is 344 g/mol. The summed E-state index contributed by atoms with van der Waals surface area (Å²) in [6.07, 6.45) is 0. The molecule has 0 saturated heterocycles. The largest absolute Gasteiger partial charge is 0.497 e. The Kier molecular flexibility index (Phi) is 7.23. The molecule has 0 spiro atoms. The van der Waals surface area contributed by atoms with Gasteiger partial charge in [-0.3, -0.25) is 9.59 Å². The Morgan fingerprint density at radius 1 is 0.963 bits per heavy atom. The fourth-order valence-corrected chi connectivity index (χ4v) is 2.59. The lowest BCUT2D eigenvalue weighted by atomic mass is 10.0. The molecule has 27 heavy (non-hydrogen) atoms. The van der Waals surface area contributed by atoms with E-state index in [1.165, 1.54) is 14.2 Å². The van der Waals surface area contributed by atoms with E-state index in [4.69, 9.17) is 9.47 Å². The molecule has 144 valence electrons. The SMILES string of the molecule is COc1cc(OC)cc(C(=O)N[C@@H](C(=O)NCc2ccccc2)C(C)C)c1. The predicted octanol–water partition coefficient (Wildman–Crippen LogP) is 2.77. The van der Waals surface area contributed by atoms with E-state index < -0.39 is 6.04 Å². The van der Waals surface area contributed by atoms with E-state index in [0.717, 1.165) is 5.56 Å². The molecule has 0 aliphatic carbocycles. The van der Waals surface area contributed by atoms with Gasteiger partial charge in [0, 0.05) is 18.2 Å². The number of carbonyl (C=O) groups excluding carboxylic acids is 2. The van der Waals surface area contributed by atoms with Gasteiger partial charge in [0.25, 0.3) is 5.91 Å². The molecule has 0 aromatic heterocycles. The first-order valence-electron chi connectivity index (χ1n) is 8.80. The molecular formula is C21H26N2O4. The summed E-state index contributed by atoms with van der Waals surface area (Å²) in [7, 11) is 3.04. The second kappa shape index (κ2) is 9.62. The van der Waals surface area contributed by atoms with E-state index in [0.29, 0.717) is 23.6 Å². The molecule has 6 heteroatoms. The standard InChI is InChI=1S/C21H26N2O4/c1-14(2)19(21(25)22-13-15-8-6-5-7-9-15)23-20(24)16-10-17(26-3)12-18(11-16)27-4/h5-12,14,19H,13H2,1-4H3,(H,22,25)(H,23,24)/t19-/m1/s1. The zero-order valence-corrected chi connectivity index (χ0v) is 16.1. The van der Waals surface area contributed by atoms with Crippen molar-refractivity contribution in [2.24, 2.45) is 5.92 Å². The van der Waals surface area contributed by atoms with Gasteiger partial charge in [-0.1, -0.05) is 44.2 Å². The first kappa shape index (κ1) is 20.3. The summed E-state index contributed by atoms with van der Waals surface area (Å²) in [5.74, 6) is 0.360. The van der Waals surface area contributed by atoms with Crippen molar-refractivity contribution in [2.45, 2.75) is 26.4 Å². The molecule has 2 rings (SSSR count). The van der Waals surface area contributed by atoms with Crippen LogP contribution in [-0.4, -0.2) is 32.1 Å². The fraction of sp³-hybridized carbons (Fsp3) is 0.333. The monoisotopic (exact) mass is 370 g/mol. The normalized spacial score (nSPS) is 11.6. The van der Waals surface area contributed by atoms with Crippen LogP contribution in [0.5, 0.6) is 11.5 Å². The van der Waals surface area contributed by atoms with Crippen molar-refractivity contribution in [2.75, 3.05) is 14.2 Å². The Morgan fingerprint density at radius 3 is 2.07 bits per heavy atom. The maximum atomic E-state index is 12.7. The second-order valence-electron chi connectivity index (χ2n) is 6.50. The van der Waals surface area contributed by atoms with Crippen molar-refractivity contribution in [3.05, 3.63) is 59.7 Å². The van der Waals surface area contributed by atoms with E-state index >= 15 is 0 Å². The average molecular weight is 370 g/mol. The van der Waals surface area contributed by atoms with Crippen LogP contribution in [0, 0.1) is 5.92 Å². The number of rotatable bonds is 8. The van der Waals surface area contributed by atoms with Crippen molar-refractivity contribution < 1.29 is 19.1 Å². The third-order valence-electron chi connectivity index (χ3n) is 4.16. The van der Waals surface area contributed by atoms with Crippen molar-refractivity contribution in [3.63, 3.8) is 0 Å². The summed E-state index contributed by atoms with van der Waals surface area (Å²) in [4.78, 5) is 25.3. The van der Waals surface area contributed by atoms with Gasteiger partial charge in [0.15, 0.2) is 0 Å². The topological polar surface area (TPSA) is 76.7 Å². The fourth-order valence-electron chi connectivity index (χ4n) is 2.59. The molecule has 0 aliphatic rings. The first-order valence-corrected chi connectivity index (χ1v) is 8.80. The van der Waals surface area contributed by atoms with Gasteiger partial charge in [-0.25, -0.2) is 0 Å². The van der Waals surface area contributed by atoms with E-state index in [-0.39, 0.29) is 17.7 Å². The highest BCUT2D eigenvalue weighted by Crippen LogP contribution is 2.22. The van der Waals surface area contributed by atoms with Crippen LogP contribution in [0.15, 0.2) is 48.5 Å². The first-order chi connectivity index (χ1) is 12.9. The molecule has 2 aromatic carbocycles. The van der Waals surface area contributed by atoms with Crippen LogP contribution in [0.4, 0.5) is 0 Å². The Labute approximate surface area is 159 Å². The third kappa shape index (κ3) is 5.74. The molecule has 6 nitrogen and oxygen atoms in total. The molecule has 0 radical (unpaired) electrons. The summed E-state index contributed by atoms with van der Waals surface area (Å²) in [6.45, 7) is 4.18. The summed E-state index contributed by atoms with van der Waals surface area (Å²) < 4.78 is 10.4. The molecule has 2 N–H and O–H groups in total. The minimum absolute atomic E-state index is 0.0720. The van der Waals surface area contributed by atoms with E-state index in [9.17, 15) is 9.59 Å². The van der Waals surface area contributed by atoms with Crippen molar-refractivity contribution >= 4 is 11.8 Å². The van der Waals surface area contributed by atoms with Crippen LogP contribution < -0.4 is 20.1 Å². The van der Waals surface area contributed by atoms with Gasteiger partial charge in [0.1, 0.15) is 17.5 Å². The summed E-state index contributed by atoms with van der Waals surface area (Å²) in [5, 5.41) is 5.69. The third-order valence-corrected chi connectivity index (χ3v) is 4.16. The van der Waals surface area contributed by atoms with Crippen molar-refractivity contribution in [1.82, 2.24) is 10.6 Å². The number of benzene rings is 2. The van der Waals surface area contributed by atoms with E-state index in [1.54, 1.807) is 18.2 Å². The summed E-state index contributed by atoms with van der Waals surface area (Å²) in [5.41, 5.74) is 1.37. The van der Waals surface area contributed by atoms with Crippen LogP contribution in [0.1, 0.15) is 29.8 Å². The number of amides is 2. The molecule has 0 heterocycles. The molecule has 0 fully saturated rings. The zero-order chi connectivity index (χ0) is 19.8. The lowest BCUT2D eigenvalue weighted by molar-refractivity contribution is -0.124. The maximum Gasteiger partial charge on any atom is 0.252 e. The highest BCUT2D eigenvalue weighted by Gasteiger charge is 2.25. The van der Waals surface area contributed by atoms with Gasteiger partial charge in [0.05, 0.1) is 14.2 Å². The quantitative estimate of drug-likeness (QED) is 0.749. The predicted molar refractivity (Wildman–Crippen MR) is 104 cm³/mol. The number of hydrogen-bond acceptors (Lipinski definition) is 4. The summed E-state index contributed by atoms with van der Waals surface area (Å²) in [6, 6.07) is 13.9. The maximum absolute atomic E-state index is 12.7. The molecule has 1 atom stereocenters. The molecule has 2 amide bonds. The van der Waals surface area contributed by atoms with Crippen LogP contribution in [0.2, 0.25) is 0 Å². The Balaban J connectivity index is 2.08. The number of hydrogen-bond donors (Lipinski definition) is 2. The molecule has 0 aliphatic heterocycles. The molecule has 0 bridgehead atoms. The van der Waals surface area contributed by atoms with Crippen LogP contribution >= 0.6 is 0 Å². The van der Waals surface area contributed by atoms with Gasteiger partial charge >= 0.3 is 0 Å². The Bertz CT molecular complexity index is 753. The van der Waals surface area contributed by atoms with Crippen LogP contribution in [-0.2, 0) is 11.3 Å². The molecule has 2 aromatic rings.